The summed E-state index contributed by atoms with van der Waals surface area (Å²) in [6.45, 7) is 0. The lowest BCUT2D eigenvalue weighted by molar-refractivity contribution is 0.622. The molecule has 1 fully saturated rings. The van der Waals surface area contributed by atoms with E-state index in [2.05, 4.69) is 45.2 Å². The molecule has 0 aliphatic heterocycles. The van der Waals surface area contributed by atoms with Gasteiger partial charge in [-0.15, -0.1) is 0 Å². The van der Waals surface area contributed by atoms with Crippen LogP contribution in [0, 0.1) is 5.92 Å². The Labute approximate surface area is 78.1 Å². The predicted molar refractivity (Wildman–Crippen MR) is 53.8 cm³/mol. The lowest BCUT2D eigenvalue weighted by atomic mass is 10.1. The number of hydrogen-bond acceptors (Lipinski definition) is 0. The van der Waals surface area contributed by atoms with Gasteiger partial charge in [-0.2, -0.15) is 0 Å². The van der Waals surface area contributed by atoms with Crippen LogP contribution in [0.1, 0.15) is 25.7 Å². The lowest BCUT2D eigenvalue weighted by Gasteiger charge is -2.07. The molecule has 1 aliphatic carbocycles. The van der Waals surface area contributed by atoms with Crippen LogP contribution in [0.3, 0.4) is 0 Å². The zero-order valence-corrected chi connectivity index (χ0v) is 9.05. The molecule has 0 saturated heterocycles. The van der Waals surface area contributed by atoms with E-state index >= 15 is 0 Å². The SMILES string of the molecule is IC(I)C1CCCC1. The summed E-state index contributed by atoms with van der Waals surface area (Å²) >= 11 is 5.06. The third kappa shape index (κ3) is 2.01. The van der Waals surface area contributed by atoms with Gasteiger partial charge in [0, 0.05) is 0 Å². The molecule has 0 N–H and O–H groups in total. The van der Waals surface area contributed by atoms with E-state index in [0.29, 0.717) is 0 Å². The summed E-state index contributed by atoms with van der Waals surface area (Å²) in [6.07, 6.45) is 5.92. The molecule has 0 bridgehead atoms. The standard InChI is InChI=1S/C6H10I2/c7-6(8)5-3-1-2-4-5/h5-6H,1-4H2. The summed E-state index contributed by atoms with van der Waals surface area (Å²) in [5, 5.41) is 0. The van der Waals surface area contributed by atoms with Crippen molar-refractivity contribution in [1.29, 1.82) is 0 Å². The van der Waals surface area contributed by atoms with Gasteiger partial charge in [-0.25, -0.2) is 0 Å². The van der Waals surface area contributed by atoms with E-state index in [9.17, 15) is 0 Å². The maximum atomic E-state index is 2.53. The van der Waals surface area contributed by atoms with Crippen LogP contribution >= 0.6 is 45.2 Å². The van der Waals surface area contributed by atoms with Gasteiger partial charge in [0.25, 0.3) is 0 Å². The minimum absolute atomic E-state index is 0.882. The van der Waals surface area contributed by atoms with E-state index in [4.69, 9.17) is 0 Å². The molecule has 8 heavy (non-hydrogen) atoms. The molecular formula is C6H10I2. The molecule has 2 heteroatoms. The fourth-order valence-corrected chi connectivity index (χ4v) is 2.65. The first-order chi connectivity index (χ1) is 3.80. The molecule has 0 amide bonds. The van der Waals surface area contributed by atoms with E-state index < -0.39 is 0 Å². The van der Waals surface area contributed by atoms with E-state index in [1.165, 1.54) is 25.7 Å². The molecule has 1 saturated carbocycles. The van der Waals surface area contributed by atoms with Crippen LogP contribution in [0.4, 0.5) is 0 Å². The van der Waals surface area contributed by atoms with E-state index in [-0.39, 0.29) is 0 Å². The molecule has 0 aromatic rings. The Balaban J connectivity index is 2.24. The van der Waals surface area contributed by atoms with Crippen LogP contribution in [-0.4, -0.2) is 1.93 Å². The molecule has 1 aliphatic rings. The van der Waals surface area contributed by atoms with Crippen molar-refractivity contribution in [3.8, 4) is 0 Å². The van der Waals surface area contributed by atoms with Crippen molar-refractivity contribution in [1.82, 2.24) is 0 Å². The molecule has 48 valence electrons. The summed E-state index contributed by atoms with van der Waals surface area (Å²) < 4.78 is 0.882. The molecule has 1 rings (SSSR count). The Morgan fingerprint density at radius 3 is 1.88 bits per heavy atom. The molecular weight excluding hydrogens is 326 g/mol. The van der Waals surface area contributed by atoms with Crippen molar-refractivity contribution in [2.45, 2.75) is 27.6 Å². The normalized spacial score (nSPS) is 22.9. The predicted octanol–water partition coefficient (Wildman–Crippen LogP) is 3.37. The van der Waals surface area contributed by atoms with Crippen molar-refractivity contribution >= 4 is 45.2 Å². The minimum Gasteiger partial charge on any atom is -0.0707 e. The highest BCUT2D eigenvalue weighted by molar-refractivity contribution is 14.2. The highest BCUT2D eigenvalue weighted by atomic mass is 127. The van der Waals surface area contributed by atoms with Gasteiger partial charge in [0.1, 0.15) is 0 Å². The average molecular weight is 336 g/mol. The van der Waals surface area contributed by atoms with Gasteiger partial charge in [0.15, 0.2) is 0 Å². The lowest BCUT2D eigenvalue weighted by Crippen LogP contribution is -2.00. The number of alkyl halides is 2. The summed E-state index contributed by atoms with van der Waals surface area (Å²) in [7, 11) is 0. The third-order valence-electron chi connectivity index (χ3n) is 1.76. The smallest absolute Gasteiger partial charge is 0.0654 e. The van der Waals surface area contributed by atoms with Crippen LogP contribution < -0.4 is 0 Å². The number of hydrogen-bond donors (Lipinski definition) is 0. The van der Waals surface area contributed by atoms with Gasteiger partial charge in [-0.1, -0.05) is 58.0 Å². The quantitative estimate of drug-likeness (QED) is 0.509. The zero-order chi connectivity index (χ0) is 5.98. The Morgan fingerprint density at radius 2 is 1.62 bits per heavy atom. The maximum absolute atomic E-state index is 2.53. The molecule has 0 aromatic heterocycles. The summed E-state index contributed by atoms with van der Waals surface area (Å²) in [5.74, 6) is 1.04. The maximum Gasteiger partial charge on any atom is 0.0654 e. The van der Waals surface area contributed by atoms with Crippen LogP contribution in [-0.2, 0) is 0 Å². The molecule has 0 heterocycles. The molecule has 0 atom stereocenters. The van der Waals surface area contributed by atoms with E-state index in [1.807, 2.05) is 0 Å². The second-order valence-electron chi connectivity index (χ2n) is 2.38. The second-order valence-corrected chi connectivity index (χ2v) is 7.45. The Morgan fingerprint density at radius 1 is 1.12 bits per heavy atom. The number of rotatable bonds is 1. The van der Waals surface area contributed by atoms with Gasteiger partial charge in [0.2, 0.25) is 0 Å². The first kappa shape index (κ1) is 7.57. The Hall–Kier alpha value is 1.46. The van der Waals surface area contributed by atoms with Crippen LogP contribution in [0.2, 0.25) is 0 Å². The topological polar surface area (TPSA) is 0 Å². The number of halogens is 2. The summed E-state index contributed by atoms with van der Waals surface area (Å²) in [6, 6.07) is 0. The van der Waals surface area contributed by atoms with Crippen molar-refractivity contribution < 1.29 is 0 Å². The van der Waals surface area contributed by atoms with Gasteiger partial charge < -0.3 is 0 Å². The summed E-state index contributed by atoms with van der Waals surface area (Å²) in [4.78, 5) is 0. The van der Waals surface area contributed by atoms with Crippen molar-refractivity contribution in [3.05, 3.63) is 0 Å². The van der Waals surface area contributed by atoms with Crippen molar-refractivity contribution in [2.75, 3.05) is 0 Å². The molecule has 0 nitrogen and oxygen atoms in total. The Bertz CT molecular complexity index is 64.9. The molecule has 0 spiro atoms. The minimum atomic E-state index is 0.882. The largest absolute Gasteiger partial charge is 0.0707 e. The first-order valence-corrected chi connectivity index (χ1v) is 5.58. The highest BCUT2D eigenvalue weighted by Crippen LogP contribution is 2.34. The average Bonchev–Trinajstić information content (AvgIpc) is 2.12. The van der Waals surface area contributed by atoms with E-state index in [0.717, 1.165) is 7.85 Å². The van der Waals surface area contributed by atoms with Crippen molar-refractivity contribution in [2.24, 2.45) is 5.92 Å². The Kier molecular flexibility index (Phi) is 3.39. The van der Waals surface area contributed by atoms with Crippen LogP contribution in [0.15, 0.2) is 0 Å². The van der Waals surface area contributed by atoms with Gasteiger partial charge in [-0.05, 0) is 18.8 Å². The van der Waals surface area contributed by atoms with E-state index in [1.54, 1.807) is 0 Å². The first-order valence-electron chi connectivity index (χ1n) is 3.09. The third-order valence-corrected chi connectivity index (χ3v) is 3.79. The highest BCUT2D eigenvalue weighted by Gasteiger charge is 2.19. The molecule has 0 radical (unpaired) electrons. The van der Waals surface area contributed by atoms with Gasteiger partial charge in [-0.3, -0.25) is 0 Å². The molecule has 0 aromatic carbocycles. The monoisotopic (exact) mass is 336 g/mol. The van der Waals surface area contributed by atoms with Gasteiger partial charge >= 0.3 is 0 Å². The van der Waals surface area contributed by atoms with Crippen molar-refractivity contribution in [3.63, 3.8) is 0 Å². The second kappa shape index (κ2) is 3.58. The summed E-state index contributed by atoms with van der Waals surface area (Å²) in [5.41, 5.74) is 0. The molecule has 0 unspecified atom stereocenters. The fourth-order valence-electron chi connectivity index (χ4n) is 1.21. The van der Waals surface area contributed by atoms with Crippen LogP contribution in [0.25, 0.3) is 0 Å². The van der Waals surface area contributed by atoms with Crippen LogP contribution in [0.5, 0.6) is 0 Å². The van der Waals surface area contributed by atoms with Gasteiger partial charge in [0.05, 0.1) is 1.93 Å². The zero-order valence-electron chi connectivity index (χ0n) is 4.74. The fraction of sp³-hybridized carbons (Fsp3) is 1.00.